The number of rotatable bonds is 5. The number of carbonyl (C=O) groups is 2. The van der Waals surface area contributed by atoms with Crippen molar-refractivity contribution in [3.63, 3.8) is 0 Å². The summed E-state index contributed by atoms with van der Waals surface area (Å²) < 4.78 is 0. The van der Waals surface area contributed by atoms with Crippen molar-refractivity contribution in [3.8, 4) is 0 Å². The van der Waals surface area contributed by atoms with Gasteiger partial charge < -0.3 is 26.6 Å². The lowest BCUT2D eigenvalue weighted by molar-refractivity contribution is 0.0966. The van der Waals surface area contributed by atoms with E-state index in [-0.39, 0.29) is 17.9 Å². The first-order chi connectivity index (χ1) is 16.1. The van der Waals surface area contributed by atoms with Crippen LogP contribution in [0.1, 0.15) is 39.1 Å². The molecule has 3 aromatic rings. The minimum absolute atomic E-state index is 0.185. The van der Waals surface area contributed by atoms with Crippen molar-refractivity contribution in [1.82, 2.24) is 5.32 Å². The molecule has 3 aromatic carbocycles. The van der Waals surface area contributed by atoms with Gasteiger partial charge in [-0.25, -0.2) is 0 Å². The summed E-state index contributed by atoms with van der Waals surface area (Å²) in [4.78, 5) is 27.8. The maximum Gasteiger partial charge on any atom is 0.255 e. The molecule has 0 radical (unpaired) electrons. The first-order valence-corrected chi connectivity index (χ1v) is 11.3. The Labute approximate surface area is 193 Å². The van der Waals surface area contributed by atoms with Crippen LogP contribution in [0.15, 0.2) is 66.7 Å². The molecule has 2 amide bonds. The Morgan fingerprint density at radius 1 is 0.939 bits per heavy atom. The molecule has 0 spiro atoms. The largest absolute Gasteiger partial charge is 0.371 e. The van der Waals surface area contributed by atoms with Crippen LogP contribution in [0.2, 0.25) is 0 Å². The summed E-state index contributed by atoms with van der Waals surface area (Å²) >= 11 is 0. The highest BCUT2D eigenvalue weighted by Gasteiger charge is 2.26. The molecule has 168 valence electrons. The fourth-order valence-electron chi connectivity index (χ4n) is 4.42. The number of piperidine rings is 1. The molecular formula is C26H27N5O2. The van der Waals surface area contributed by atoms with Gasteiger partial charge in [0, 0.05) is 53.9 Å². The molecule has 33 heavy (non-hydrogen) atoms. The van der Waals surface area contributed by atoms with Crippen LogP contribution in [0.25, 0.3) is 0 Å². The third kappa shape index (κ3) is 4.40. The van der Waals surface area contributed by atoms with Gasteiger partial charge in [0.05, 0.1) is 11.3 Å². The van der Waals surface area contributed by atoms with E-state index in [9.17, 15) is 9.59 Å². The number of amides is 2. The number of fused-ring (bicyclic) bond motifs is 1. The smallest absolute Gasteiger partial charge is 0.255 e. The topological polar surface area (TPSA) is 99.5 Å². The van der Waals surface area contributed by atoms with E-state index >= 15 is 0 Å². The predicted octanol–water partition coefficient (Wildman–Crippen LogP) is 3.85. The number of hydrogen-bond donors (Lipinski definition) is 4. The third-order valence-corrected chi connectivity index (χ3v) is 6.30. The Bertz CT molecular complexity index is 1170. The Hall–Kier alpha value is -3.84. The Morgan fingerprint density at radius 3 is 2.36 bits per heavy atom. The number of carbonyl (C=O) groups excluding carboxylic acids is 2. The SMILES string of the molecule is NC1CCN(c2ccc(C(=O)Nc3ccc(Nc4ccccc4)c4c3C(=O)NC4)cc2)CC1. The first-order valence-electron chi connectivity index (χ1n) is 11.3. The lowest BCUT2D eigenvalue weighted by Gasteiger charge is -2.32. The molecule has 5 rings (SSSR count). The van der Waals surface area contributed by atoms with Crippen LogP contribution in [0.5, 0.6) is 0 Å². The highest BCUT2D eigenvalue weighted by Crippen LogP contribution is 2.33. The molecule has 1 saturated heterocycles. The number of nitrogens with one attached hydrogen (secondary N) is 3. The van der Waals surface area contributed by atoms with Gasteiger partial charge in [0.1, 0.15) is 0 Å². The van der Waals surface area contributed by atoms with Crippen LogP contribution in [0.3, 0.4) is 0 Å². The lowest BCUT2D eigenvalue weighted by Crippen LogP contribution is -2.39. The van der Waals surface area contributed by atoms with Gasteiger partial charge >= 0.3 is 0 Å². The van der Waals surface area contributed by atoms with Gasteiger partial charge in [-0.2, -0.15) is 0 Å². The number of para-hydroxylation sites is 1. The molecule has 0 bridgehead atoms. The molecule has 0 saturated carbocycles. The van der Waals surface area contributed by atoms with Gasteiger partial charge in [-0.15, -0.1) is 0 Å². The van der Waals surface area contributed by atoms with Crippen LogP contribution in [-0.2, 0) is 6.54 Å². The molecule has 2 aliphatic heterocycles. The number of anilines is 4. The lowest BCUT2D eigenvalue weighted by atomic mass is 10.0. The summed E-state index contributed by atoms with van der Waals surface area (Å²) in [7, 11) is 0. The molecule has 2 heterocycles. The van der Waals surface area contributed by atoms with Crippen molar-refractivity contribution in [2.45, 2.75) is 25.4 Å². The van der Waals surface area contributed by atoms with E-state index in [0.717, 1.165) is 48.6 Å². The molecule has 2 aliphatic rings. The number of nitrogens with two attached hydrogens (primary N) is 1. The van der Waals surface area contributed by atoms with Gasteiger partial charge in [-0.3, -0.25) is 9.59 Å². The highest BCUT2D eigenvalue weighted by atomic mass is 16.2. The average molecular weight is 442 g/mol. The molecule has 0 aliphatic carbocycles. The maximum atomic E-state index is 12.9. The van der Waals surface area contributed by atoms with E-state index in [1.165, 1.54) is 0 Å². The fraction of sp³-hybridized carbons (Fsp3) is 0.231. The van der Waals surface area contributed by atoms with Crippen molar-refractivity contribution in [3.05, 3.63) is 83.4 Å². The second kappa shape index (κ2) is 8.96. The highest BCUT2D eigenvalue weighted by molar-refractivity contribution is 6.11. The van der Waals surface area contributed by atoms with Crippen LogP contribution in [-0.4, -0.2) is 30.9 Å². The molecule has 5 N–H and O–H groups in total. The summed E-state index contributed by atoms with van der Waals surface area (Å²) in [5, 5.41) is 9.15. The van der Waals surface area contributed by atoms with Crippen molar-refractivity contribution < 1.29 is 9.59 Å². The van der Waals surface area contributed by atoms with Crippen molar-refractivity contribution in [1.29, 1.82) is 0 Å². The van der Waals surface area contributed by atoms with Crippen molar-refractivity contribution in [2.75, 3.05) is 28.6 Å². The second-order valence-electron chi connectivity index (χ2n) is 8.51. The molecule has 0 atom stereocenters. The zero-order valence-electron chi connectivity index (χ0n) is 18.3. The Morgan fingerprint density at radius 2 is 1.64 bits per heavy atom. The monoisotopic (exact) mass is 441 g/mol. The van der Waals surface area contributed by atoms with E-state index in [2.05, 4.69) is 20.9 Å². The Kier molecular flexibility index (Phi) is 5.71. The molecule has 7 nitrogen and oxygen atoms in total. The second-order valence-corrected chi connectivity index (χ2v) is 8.51. The van der Waals surface area contributed by atoms with Gasteiger partial charge in [0.25, 0.3) is 11.8 Å². The average Bonchev–Trinajstić information content (AvgIpc) is 3.24. The molecular weight excluding hydrogens is 414 g/mol. The van der Waals surface area contributed by atoms with Gasteiger partial charge in [0.15, 0.2) is 0 Å². The van der Waals surface area contributed by atoms with E-state index in [1.807, 2.05) is 60.7 Å². The van der Waals surface area contributed by atoms with Crippen LogP contribution >= 0.6 is 0 Å². The Balaban J connectivity index is 1.33. The first kappa shape index (κ1) is 21.0. The van der Waals surface area contributed by atoms with Gasteiger partial charge in [-0.05, 0) is 61.4 Å². The molecule has 0 aromatic heterocycles. The summed E-state index contributed by atoms with van der Waals surface area (Å²) in [5.41, 5.74) is 11.3. The molecule has 0 unspecified atom stereocenters. The van der Waals surface area contributed by atoms with Crippen LogP contribution < -0.4 is 26.6 Å². The minimum atomic E-state index is -0.243. The zero-order valence-corrected chi connectivity index (χ0v) is 18.3. The molecule has 7 heteroatoms. The van der Waals surface area contributed by atoms with Gasteiger partial charge in [0.2, 0.25) is 0 Å². The van der Waals surface area contributed by atoms with E-state index in [4.69, 9.17) is 5.73 Å². The van der Waals surface area contributed by atoms with E-state index in [1.54, 1.807) is 6.07 Å². The minimum Gasteiger partial charge on any atom is -0.371 e. The zero-order chi connectivity index (χ0) is 22.8. The third-order valence-electron chi connectivity index (χ3n) is 6.30. The summed E-state index contributed by atoms with van der Waals surface area (Å²) in [6.07, 6.45) is 1.95. The number of benzene rings is 3. The molecule has 1 fully saturated rings. The summed E-state index contributed by atoms with van der Waals surface area (Å²) in [6.45, 7) is 2.27. The van der Waals surface area contributed by atoms with Crippen molar-refractivity contribution >= 4 is 34.6 Å². The van der Waals surface area contributed by atoms with Crippen LogP contribution in [0, 0.1) is 0 Å². The standard InChI is InChI=1S/C26H27N5O2/c27-18-12-14-31(15-13-18)20-8-6-17(7-9-20)25(32)30-23-11-10-22(21-16-28-26(33)24(21)23)29-19-4-2-1-3-5-19/h1-11,18,29H,12-16,27H2,(H,28,33)(H,30,32). The fourth-order valence-corrected chi connectivity index (χ4v) is 4.42. The normalized spacial score (nSPS) is 15.7. The van der Waals surface area contributed by atoms with E-state index in [0.29, 0.717) is 23.4 Å². The van der Waals surface area contributed by atoms with Gasteiger partial charge in [-0.1, -0.05) is 18.2 Å². The number of hydrogen-bond acceptors (Lipinski definition) is 5. The summed E-state index contributed by atoms with van der Waals surface area (Å²) in [5.74, 6) is -0.427. The quantitative estimate of drug-likeness (QED) is 0.482. The summed E-state index contributed by atoms with van der Waals surface area (Å²) in [6, 6.07) is 21.3. The van der Waals surface area contributed by atoms with E-state index < -0.39 is 0 Å². The predicted molar refractivity (Wildman–Crippen MR) is 131 cm³/mol. The maximum absolute atomic E-state index is 12.9. The van der Waals surface area contributed by atoms with Crippen molar-refractivity contribution in [2.24, 2.45) is 5.73 Å². The number of nitrogens with zero attached hydrogens (tertiary/aromatic N) is 1. The van der Waals surface area contributed by atoms with Crippen LogP contribution in [0.4, 0.5) is 22.7 Å².